The van der Waals surface area contributed by atoms with Gasteiger partial charge in [-0.25, -0.2) is 4.21 Å². The van der Waals surface area contributed by atoms with Crippen molar-refractivity contribution in [3.05, 3.63) is 21.3 Å². The Morgan fingerprint density at radius 1 is 1.75 bits per heavy atom. The lowest BCUT2D eigenvalue weighted by Crippen LogP contribution is -2.04. The highest BCUT2D eigenvalue weighted by molar-refractivity contribution is 7.79. The Morgan fingerprint density at radius 3 is 2.83 bits per heavy atom. The molecule has 0 spiro atoms. The Labute approximate surface area is 82.8 Å². The minimum absolute atomic E-state index is 0.0505. The second-order valence-corrected chi connectivity index (χ2v) is 4.69. The molecule has 1 aromatic heterocycles. The van der Waals surface area contributed by atoms with E-state index in [9.17, 15) is 4.21 Å². The van der Waals surface area contributed by atoms with Crippen LogP contribution in [0.1, 0.15) is 18.4 Å². The Kier molecular flexibility index (Phi) is 3.71. The van der Waals surface area contributed by atoms with E-state index in [-0.39, 0.29) is 11.7 Å². The molecular weight excluding hydrogens is 216 g/mol. The van der Waals surface area contributed by atoms with Crippen LogP contribution in [0.2, 0.25) is 5.02 Å². The van der Waals surface area contributed by atoms with Gasteiger partial charge in [-0.15, -0.1) is 0 Å². The van der Waals surface area contributed by atoms with E-state index in [0.717, 1.165) is 5.56 Å². The summed E-state index contributed by atoms with van der Waals surface area (Å²) in [7, 11) is 0. The fraction of sp³-hybridized carbons (Fsp3) is 0.429. The summed E-state index contributed by atoms with van der Waals surface area (Å²) in [5.41, 5.74) is 0.962. The summed E-state index contributed by atoms with van der Waals surface area (Å²) in [6.45, 7) is 1.89. The van der Waals surface area contributed by atoms with Gasteiger partial charge in [0.1, 0.15) is 0 Å². The molecule has 2 nitrogen and oxygen atoms in total. The number of rotatable bonds is 3. The summed E-state index contributed by atoms with van der Waals surface area (Å²) < 4.78 is 19.1. The van der Waals surface area contributed by atoms with E-state index in [2.05, 4.69) is 0 Å². The summed E-state index contributed by atoms with van der Waals surface area (Å²) in [5, 5.41) is 4.44. The molecule has 5 heteroatoms. The lowest BCUT2D eigenvalue weighted by Gasteiger charge is -2.06. The maximum absolute atomic E-state index is 10.5. The second-order valence-electron chi connectivity index (χ2n) is 2.56. The average Bonchev–Trinajstić information content (AvgIpc) is 2.33. The van der Waals surface area contributed by atoms with Crippen molar-refractivity contribution in [1.82, 2.24) is 0 Å². The first kappa shape index (κ1) is 10.2. The zero-order chi connectivity index (χ0) is 9.14. The molecular formula is C7H9ClO2S2. The standard InChI is InChI=1S/C7H9ClO2S2/c1-5(4-12(9)10)6-2-11-3-7(6)8/h2-3,5H,4H2,1H3,(H,9,10). The number of halogens is 1. The van der Waals surface area contributed by atoms with Gasteiger partial charge in [0.15, 0.2) is 11.1 Å². The van der Waals surface area contributed by atoms with Crippen molar-refractivity contribution >= 4 is 34.0 Å². The molecule has 0 fully saturated rings. The van der Waals surface area contributed by atoms with Crippen molar-refractivity contribution < 1.29 is 8.76 Å². The number of thiophene rings is 1. The third-order valence-corrected chi connectivity index (χ3v) is 3.57. The summed E-state index contributed by atoms with van der Waals surface area (Å²) in [6.07, 6.45) is 0. The van der Waals surface area contributed by atoms with Crippen LogP contribution in [0.4, 0.5) is 0 Å². The molecule has 0 radical (unpaired) electrons. The highest BCUT2D eigenvalue weighted by atomic mass is 35.5. The van der Waals surface area contributed by atoms with E-state index in [1.807, 2.05) is 17.7 Å². The summed E-state index contributed by atoms with van der Waals surface area (Å²) in [4.78, 5) is 0. The van der Waals surface area contributed by atoms with Crippen molar-refractivity contribution in [3.8, 4) is 0 Å². The summed E-state index contributed by atoms with van der Waals surface area (Å²) in [5.74, 6) is 0.297. The van der Waals surface area contributed by atoms with Crippen LogP contribution < -0.4 is 0 Å². The Balaban J connectivity index is 2.71. The lowest BCUT2D eigenvalue weighted by atomic mass is 10.1. The first-order chi connectivity index (χ1) is 5.61. The smallest absolute Gasteiger partial charge is 0.153 e. The van der Waals surface area contributed by atoms with Crippen LogP contribution in [-0.4, -0.2) is 14.5 Å². The molecule has 0 aromatic carbocycles. The predicted octanol–water partition coefficient (Wildman–Crippen LogP) is 2.73. The molecule has 68 valence electrons. The van der Waals surface area contributed by atoms with Crippen LogP contribution in [0.25, 0.3) is 0 Å². The minimum atomic E-state index is -1.74. The minimum Gasteiger partial charge on any atom is -0.306 e. The van der Waals surface area contributed by atoms with Crippen molar-refractivity contribution in [3.63, 3.8) is 0 Å². The van der Waals surface area contributed by atoms with Gasteiger partial charge in [0.25, 0.3) is 0 Å². The number of hydrogen-bond acceptors (Lipinski definition) is 2. The molecule has 2 atom stereocenters. The zero-order valence-corrected chi connectivity index (χ0v) is 8.88. The fourth-order valence-electron chi connectivity index (χ4n) is 0.947. The van der Waals surface area contributed by atoms with Gasteiger partial charge in [-0.05, 0) is 16.9 Å². The molecule has 1 heterocycles. The van der Waals surface area contributed by atoms with Gasteiger partial charge in [-0.1, -0.05) is 18.5 Å². The molecule has 0 aliphatic carbocycles. The van der Waals surface area contributed by atoms with Crippen molar-refractivity contribution in [2.75, 3.05) is 5.75 Å². The van der Waals surface area contributed by atoms with Gasteiger partial charge < -0.3 is 4.55 Å². The molecule has 1 aromatic rings. The quantitative estimate of drug-likeness (QED) is 0.802. The normalized spacial score (nSPS) is 15.9. The van der Waals surface area contributed by atoms with Crippen LogP contribution in [-0.2, 0) is 11.1 Å². The van der Waals surface area contributed by atoms with E-state index in [0.29, 0.717) is 5.02 Å². The molecule has 0 aliphatic heterocycles. The molecule has 0 bridgehead atoms. The first-order valence-corrected chi connectivity index (χ1v) is 6.00. The van der Waals surface area contributed by atoms with Gasteiger partial charge in [0, 0.05) is 5.38 Å². The molecule has 12 heavy (non-hydrogen) atoms. The largest absolute Gasteiger partial charge is 0.306 e. The maximum Gasteiger partial charge on any atom is 0.153 e. The Hall–Kier alpha value is 0.1000. The molecule has 0 aliphatic rings. The molecule has 0 saturated heterocycles. The van der Waals surface area contributed by atoms with Crippen LogP contribution in [0, 0.1) is 0 Å². The lowest BCUT2D eigenvalue weighted by molar-refractivity contribution is 0.559. The zero-order valence-electron chi connectivity index (χ0n) is 6.49. The van der Waals surface area contributed by atoms with Gasteiger partial charge in [-0.3, -0.25) is 0 Å². The third-order valence-electron chi connectivity index (χ3n) is 1.57. The van der Waals surface area contributed by atoms with Gasteiger partial charge in [0.2, 0.25) is 0 Å². The van der Waals surface area contributed by atoms with Gasteiger partial charge in [0.05, 0.1) is 10.8 Å². The Morgan fingerprint density at radius 2 is 2.42 bits per heavy atom. The molecule has 0 amide bonds. The highest BCUT2D eigenvalue weighted by Crippen LogP contribution is 2.28. The van der Waals surface area contributed by atoms with Crippen molar-refractivity contribution in [1.29, 1.82) is 0 Å². The summed E-state index contributed by atoms with van der Waals surface area (Å²) >= 11 is 5.61. The van der Waals surface area contributed by atoms with Crippen LogP contribution in [0.3, 0.4) is 0 Å². The molecule has 1 N–H and O–H groups in total. The average molecular weight is 225 g/mol. The van der Waals surface area contributed by atoms with Crippen molar-refractivity contribution in [2.45, 2.75) is 12.8 Å². The monoisotopic (exact) mass is 224 g/mol. The van der Waals surface area contributed by atoms with Crippen molar-refractivity contribution in [2.24, 2.45) is 0 Å². The SMILES string of the molecule is CC(CS(=O)O)c1cscc1Cl. The van der Waals surface area contributed by atoms with Crippen LogP contribution in [0.15, 0.2) is 10.8 Å². The molecule has 2 unspecified atom stereocenters. The molecule has 0 saturated carbocycles. The van der Waals surface area contributed by atoms with E-state index >= 15 is 0 Å². The maximum atomic E-state index is 10.5. The summed E-state index contributed by atoms with van der Waals surface area (Å²) in [6, 6.07) is 0. The van der Waals surface area contributed by atoms with Crippen LogP contribution in [0.5, 0.6) is 0 Å². The van der Waals surface area contributed by atoms with Crippen LogP contribution >= 0.6 is 22.9 Å². The number of hydrogen-bond donors (Lipinski definition) is 1. The second kappa shape index (κ2) is 4.37. The first-order valence-electron chi connectivity index (χ1n) is 3.40. The molecule has 1 rings (SSSR count). The van der Waals surface area contributed by atoms with E-state index in [4.69, 9.17) is 16.2 Å². The predicted molar refractivity (Wildman–Crippen MR) is 53.4 cm³/mol. The van der Waals surface area contributed by atoms with E-state index in [1.54, 1.807) is 0 Å². The van der Waals surface area contributed by atoms with Gasteiger partial charge >= 0.3 is 0 Å². The Bertz CT molecular complexity index is 285. The van der Waals surface area contributed by atoms with E-state index in [1.165, 1.54) is 11.3 Å². The van der Waals surface area contributed by atoms with E-state index < -0.39 is 11.1 Å². The fourth-order valence-corrected chi connectivity index (χ4v) is 2.84. The third kappa shape index (κ3) is 2.55. The topological polar surface area (TPSA) is 37.3 Å². The van der Waals surface area contributed by atoms with Gasteiger partial charge in [-0.2, -0.15) is 11.3 Å². The highest BCUT2D eigenvalue weighted by Gasteiger charge is 2.12.